The first-order valence-corrected chi connectivity index (χ1v) is 8.64. The van der Waals surface area contributed by atoms with Gasteiger partial charge in [-0.05, 0) is 41.2 Å². The first-order valence-electron chi connectivity index (χ1n) is 8.23. The topological polar surface area (TPSA) is 38.4 Å². The number of aliphatic imine (C=N–C) groups is 1. The Hall–Kier alpha value is -3.33. The van der Waals surface area contributed by atoms with Crippen molar-refractivity contribution in [1.82, 2.24) is 4.98 Å². The normalized spacial score (nSPS) is 11.1. The molecule has 1 heterocycles. The molecule has 0 saturated carbocycles. The van der Waals surface area contributed by atoms with E-state index in [1.807, 2.05) is 48.5 Å². The van der Waals surface area contributed by atoms with Gasteiger partial charge in [0, 0.05) is 16.3 Å². The molecule has 0 aliphatic heterocycles. The van der Waals surface area contributed by atoms with Gasteiger partial charge in [-0.15, -0.1) is 0 Å². The van der Waals surface area contributed by atoms with Crippen molar-refractivity contribution in [1.29, 1.82) is 0 Å². The predicted molar refractivity (Wildman–Crippen MR) is 109 cm³/mol. The molecule has 0 bridgehead atoms. The number of thiocarbonyl (C=S) groups is 1. The van der Waals surface area contributed by atoms with Gasteiger partial charge >= 0.3 is 0 Å². The zero-order valence-electron chi connectivity index (χ0n) is 13.6. The van der Waals surface area contributed by atoms with Gasteiger partial charge in [-0.1, -0.05) is 54.6 Å². The molecule has 0 unspecified atom stereocenters. The molecule has 122 valence electrons. The molecule has 4 heteroatoms. The second kappa shape index (κ2) is 5.88. The lowest BCUT2D eigenvalue weighted by atomic mass is 10.0. The van der Waals surface area contributed by atoms with Crippen LogP contribution in [0.1, 0.15) is 0 Å². The van der Waals surface area contributed by atoms with Crippen LogP contribution in [0, 0.1) is 0 Å². The van der Waals surface area contributed by atoms with Crippen molar-refractivity contribution in [3.63, 3.8) is 0 Å². The maximum Gasteiger partial charge on any atom is 0.227 e. The Bertz CT molecular complexity index is 1270. The first kappa shape index (κ1) is 15.0. The SMILES string of the molecule is S=C=Nc1cccc(-c2nc3c4ccccc4c4ccccc4c3o2)c1. The molecule has 0 atom stereocenters. The van der Waals surface area contributed by atoms with Crippen molar-refractivity contribution in [2.24, 2.45) is 4.99 Å². The average molecular weight is 352 g/mol. The molecule has 0 aliphatic carbocycles. The number of oxazole rings is 1. The van der Waals surface area contributed by atoms with Crippen LogP contribution in [0.3, 0.4) is 0 Å². The molecule has 4 aromatic carbocycles. The van der Waals surface area contributed by atoms with E-state index in [9.17, 15) is 0 Å². The fraction of sp³-hybridized carbons (Fsp3) is 0. The van der Waals surface area contributed by atoms with E-state index in [2.05, 4.69) is 34.4 Å². The molecular formula is C22H12N2OS. The number of nitrogens with zero attached hydrogens (tertiary/aromatic N) is 2. The highest BCUT2D eigenvalue weighted by atomic mass is 32.1. The van der Waals surface area contributed by atoms with E-state index in [0.29, 0.717) is 5.89 Å². The highest BCUT2D eigenvalue weighted by Gasteiger charge is 2.15. The van der Waals surface area contributed by atoms with Gasteiger partial charge in [0.25, 0.3) is 0 Å². The number of rotatable bonds is 2. The first-order chi connectivity index (χ1) is 12.8. The largest absolute Gasteiger partial charge is 0.435 e. The lowest BCUT2D eigenvalue weighted by Crippen LogP contribution is -1.80. The standard InChI is InChI=1S/C22H12N2OS/c26-13-23-15-7-5-6-14(12-15)22-24-20-18-10-3-1-8-16(18)17-9-2-4-11-19(17)21(20)25-22/h1-12H. The average Bonchev–Trinajstić information content (AvgIpc) is 3.15. The van der Waals surface area contributed by atoms with Gasteiger partial charge in [-0.25, -0.2) is 4.98 Å². The molecule has 0 N–H and O–H groups in total. The predicted octanol–water partition coefficient (Wildman–Crippen LogP) is 6.54. The third-order valence-electron chi connectivity index (χ3n) is 4.54. The van der Waals surface area contributed by atoms with E-state index < -0.39 is 0 Å². The molecule has 1 aromatic heterocycles. The third kappa shape index (κ3) is 2.25. The van der Waals surface area contributed by atoms with Crippen molar-refractivity contribution in [2.75, 3.05) is 0 Å². The van der Waals surface area contributed by atoms with Crippen LogP contribution in [-0.2, 0) is 0 Å². The zero-order chi connectivity index (χ0) is 17.5. The summed E-state index contributed by atoms with van der Waals surface area (Å²) in [6, 6.07) is 24.2. The Morgan fingerprint density at radius 2 is 1.50 bits per heavy atom. The molecule has 0 radical (unpaired) electrons. The zero-order valence-corrected chi connectivity index (χ0v) is 14.5. The lowest BCUT2D eigenvalue weighted by molar-refractivity contribution is 0.623. The maximum atomic E-state index is 6.21. The summed E-state index contributed by atoms with van der Waals surface area (Å²) in [5, 5.41) is 6.88. The van der Waals surface area contributed by atoms with Gasteiger partial charge in [0.15, 0.2) is 5.58 Å². The fourth-order valence-corrected chi connectivity index (χ4v) is 3.52. The van der Waals surface area contributed by atoms with E-state index in [1.54, 1.807) is 0 Å². The Kier molecular flexibility index (Phi) is 3.39. The van der Waals surface area contributed by atoms with E-state index >= 15 is 0 Å². The van der Waals surface area contributed by atoms with Gasteiger partial charge in [0.2, 0.25) is 5.89 Å². The summed E-state index contributed by atoms with van der Waals surface area (Å²) in [6.07, 6.45) is 0. The van der Waals surface area contributed by atoms with E-state index in [-0.39, 0.29) is 0 Å². The molecular weight excluding hydrogens is 340 g/mol. The smallest absolute Gasteiger partial charge is 0.227 e. The quantitative estimate of drug-likeness (QED) is 0.206. The molecule has 26 heavy (non-hydrogen) atoms. The lowest BCUT2D eigenvalue weighted by Gasteiger charge is -2.04. The Morgan fingerprint density at radius 3 is 2.27 bits per heavy atom. The monoisotopic (exact) mass is 352 g/mol. The third-order valence-corrected chi connectivity index (χ3v) is 4.63. The van der Waals surface area contributed by atoms with Crippen LogP contribution in [0.4, 0.5) is 5.69 Å². The molecule has 3 nitrogen and oxygen atoms in total. The Labute approximate surface area is 154 Å². The van der Waals surface area contributed by atoms with Gasteiger partial charge in [0.05, 0.1) is 10.8 Å². The Morgan fingerprint density at radius 1 is 0.808 bits per heavy atom. The molecule has 5 aromatic rings. The fourth-order valence-electron chi connectivity index (χ4n) is 3.41. The molecule has 0 fully saturated rings. The van der Waals surface area contributed by atoms with E-state index in [1.165, 1.54) is 5.39 Å². The molecule has 0 aliphatic rings. The van der Waals surface area contributed by atoms with Crippen molar-refractivity contribution in [3.05, 3.63) is 72.8 Å². The summed E-state index contributed by atoms with van der Waals surface area (Å²) in [6.45, 7) is 0. The van der Waals surface area contributed by atoms with Gasteiger partial charge in [0.1, 0.15) is 5.52 Å². The van der Waals surface area contributed by atoms with E-state index in [4.69, 9.17) is 21.6 Å². The number of hydrogen-bond donors (Lipinski definition) is 0. The minimum Gasteiger partial charge on any atom is -0.435 e. The second-order valence-electron chi connectivity index (χ2n) is 6.04. The number of fused-ring (bicyclic) bond motifs is 6. The summed E-state index contributed by atoms with van der Waals surface area (Å²) in [4.78, 5) is 8.85. The van der Waals surface area contributed by atoms with Crippen LogP contribution in [0.2, 0.25) is 0 Å². The summed E-state index contributed by atoms with van der Waals surface area (Å²) >= 11 is 4.70. The summed E-state index contributed by atoms with van der Waals surface area (Å²) in [5.41, 5.74) is 3.27. The van der Waals surface area contributed by atoms with Crippen LogP contribution in [0.5, 0.6) is 0 Å². The molecule has 0 saturated heterocycles. The van der Waals surface area contributed by atoms with Gasteiger partial charge in [-0.3, -0.25) is 0 Å². The minimum atomic E-state index is 0.572. The summed E-state index contributed by atoms with van der Waals surface area (Å²) in [7, 11) is 0. The summed E-state index contributed by atoms with van der Waals surface area (Å²) in [5.74, 6) is 0.572. The highest BCUT2D eigenvalue weighted by molar-refractivity contribution is 7.78. The van der Waals surface area contributed by atoms with Crippen molar-refractivity contribution in [3.8, 4) is 11.5 Å². The van der Waals surface area contributed by atoms with Crippen LogP contribution >= 0.6 is 12.2 Å². The number of aromatic nitrogens is 1. The second-order valence-corrected chi connectivity index (χ2v) is 6.22. The molecule has 0 spiro atoms. The van der Waals surface area contributed by atoms with Gasteiger partial charge in [-0.2, -0.15) is 4.99 Å². The van der Waals surface area contributed by atoms with Crippen molar-refractivity contribution < 1.29 is 4.42 Å². The number of hydrogen-bond acceptors (Lipinski definition) is 4. The number of isothiocyanates is 1. The van der Waals surface area contributed by atoms with E-state index in [0.717, 1.165) is 38.5 Å². The van der Waals surface area contributed by atoms with Crippen molar-refractivity contribution in [2.45, 2.75) is 0 Å². The molecule has 5 rings (SSSR count). The summed E-state index contributed by atoms with van der Waals surface area (Å²) < 4.78 is 6.21. The highest BCUT2D eigenvalue weighted by Crippen LogP contribution is 2.37. The van der Waals surface area contributed by atoms with Crippen LogP contribution in [0.15, 0.2) is 82.2 Å². The van der Waals surface area contributed by atoms with Crippen LogP contribution < -0.4 is 0 Å². The Balaban J connectivity index is 1.88. The van der Waals surface area contributed by atoms with Gasteiger partial charge < -0.3 is 4.42 Å². The van der Waals surface area contributed by atoms with Crippen LogP contribution in [0.25, 0.3) is 44.1 Å². The number of benzene rings is 4. The minimum absolute atomic E-state index is 0.572. The molecule has 0 amide bonds. The van der Waals surface area contributed by atoms with Crippen molar-refractivity contribution >= 4 is 55.7 Å². The van der Waals surface area contributed by atoms with Crippen LogP contribution in [-0.4, -0.2) is 10.1 Å². The maximum absolute atomic E-state index is 6.21.